The van der Waals surface area contributed by atoms with Gasteiger partial charge >= 0.3 is 0 Å². The fourth-order valence-electron chi connectivity index (χ4n) is 3.12. The third-order valence-corrected chi connectivity index (χ3v) is 4.63. The van der Waals surface area contributed by atoms with E-state index in [0.717, 1.165) is 29.3 Å². The summed E-state index contributed by atoms with van der Waals surface area (Å²) >= 11 is 0. The lowest BCUT2D eigenvalue weighted by molar-refractivity contribution is -0.119. The van der Waals surface area contributed by atoms with E-state index < -0.39 is 0 Å². The van der Waals surface area contributed by atoms with E-state index in [4.69, 9.17) is 0 Å². The molecule has 0 saturated heterocycles. The van der Waals surface area contributed by atoms with Crippen LogP contribution < -0.4 is 16.0 Å². The molecular weight excluding hydrogens is 496 g/mol. The number of nitrogens with zero attached hydrogens (tertiary/aromatic N) is 1. The van der Waals surface area contributed by atoms with Gasteiger partial charge in [-0.3, -0.25) is 9.79 Å². The molecule has 4 N–H and O–H groups in total. The number of aliphatic imine (C=N–C) groups is 1. The Morgan fingerprint density at radius 1 is 1.03 bits per heavy atom. The molecule has 0 spiro atoms. The predicted molar refractivity (Wildman–Crippen MR) is 130 cm³/mol. The number of guanidine groups is 1. The zero-order chi connectivity index (χ0) is 20.5. The largest absolute Gasteiger partial charge is 0.361 e. The Labute approximate surface area is 192 Å². The topological polar surface area (TPSA) is 81.3 Å². The van der Waals surface area contributed by atoms with Gasteiger partial charge < -0.3 is 20.9 Å². The maximum absolute atomic E-state index is 13.3. The first-order valence-electron chi connectivity index (χ1n) is 9.66. The molecule has 0 aliphatic heterocycles. The number of hydrogen-bond acceptors (Lipinski definition) is 2. The molecule has 1 amide bonds. The number of hydrogen-bond donors (Lipinski definition) is 4. The number of halogens is 2. The number of rotatable bonds is 8. The minimum atomic E-state index is -0.254. The van der Waals surface area contributed by atoms with Crippen LogP contribution in [0.5, 0.6) is 0 Å². The molecule has 3 aromatic rings. The van der Waals surface area contributed by atoms with Crippen molar-refractivity contribution in [2.24, 2.45) is 4.99 Å². The number of aromatic amines is 1. The van der Waals surface area contributed by atoms with E-state index in [2.05, 4.69) is 25.9 Å². The van der Waals surface area contributed by atoms with Crippen LogP contribution in [0.15, 0.2) is 59.7 Å². The summed E-state index contributed by atoms with van der Waals surface area (Å²) < 4.78 is 13.3. The molecule has 6 nitrogen and oxygen atoms in total. The first-order valence-corrected chi connectivity index (χ1v) is 9.66. The van der Waals surface area contributed by atoms with E-state index in [9.17, 15) is 9.18 Å². The highest BCUT2D eigenvalue weighted by atomic mass is 127. The summed E-state index contributed by atoms with van der Waals surface area (Å²) in [6, 6.07) is 14.8. The molecule has 0 saturated carbocycles. The fraction of sp³-hybridized carbons (Fsp3) is 0.273. The molecule has 30 heavy (non-hydrogen) atoms. The van der Waals surface area contributed by atoms with E-state index in [1.54, 1.807) is 13.1 Å². The van der Waals surface area contributed by atoms with E-state index >= 15 is 0 Å². The minimum absolute atomic E-state index is 0. The van der Waals surface area contributed by atoms with Crippen LogP contribution in [-0.2, 0) is 17.6 Å². The third-order valence-electron chi connectivity index (χ3n) is 4.63. The van der Waals surface area contributed by atoms with Gasteiger partial charge in [-0.25, -0.2) is 4.39 Å². The van der Waals surface area contributed by atoms with Gasteiger partial charge in [0.15, 0.2) is 5.96 Å². The zero-order valence-electron chi connectivity index (χ0n) is 16.9. The summed E-state index contributed by atoms with van der Waals surface area (Å²) in [6.45, 7) is 1.39. The Balaban J connectivity index is 0.00000320. The van der Waals surface area contributed by atoms with Crippen molar-refractivity contribution in [3.63, 3.8) is 0 Å². The lowest BCUT2D eigenvalue weighted by Crippen LogP contribution is -2.44. The van der Waals surface area contributed by atoms with Crippen LogP contribution in [0.1, 0.15) is 11.1 Å². The lowest BCUT2D eigenvalue weighted by Gasteiger charge is -2.12. The Bertz CT molecular complexity index is 974. The molecule has 0 unspecified atom stereocenters. The molecule has 0 bridgehead atoms. The first kappa shape index (κ1) is 23.7. The highest BCUT2D eigenvalue weighted by Crippen LogP contribution is 2.19. The highest BCUT2D eigenvalue weighted by molar-refractivity contribution is 14.0. The van der Waals surface area contributed by atoms with Crippen LogP contribution in [0, 0.1) is 5.82 Å². The van der Waals surface area contributed by atoms with Gasteiger partial charge in [-0.1, -0.05) is 30.3 Å². The van der Waals surface area contributed by atoms with Crippen molar-refractivity contribution in [1.82, 2.24) is 20.9 Å². The van der Waals surface area contributed by atoms with Gasteiger partial charge in [0, 0.05) is 37.2 Å². The van der Waals surface area contributed by atoms with Gasteiger partial charge in [0.1, 0.15) is 5.82 Å². The first-order chi connectivity index (χ1) is 14.2. The molecule has 0 atom stereocenters. The van der Waals surface area contributed by atoms with Gasteiger partial charge in [-0.05, 0) is 42.2 Å². The van der Waals surface area contributed by atoms with Crippen molar-refractivity contribution in [2.45, 2.75) is 12.8 Å². The average molecular weight is 523 g/mol. The van der Waals surface area contributed by atoms with E-state index in [0.29, 0.717) is 19.0 Å². The number of carbonyl (C=O) groups is 1. The number of H-pyrrole nitrogens is 1. The quantitative estimate of drug-likeness (QED) is 0.208. The minimum Gasteiger partial charge on any atom is -0.361 e. The SMILES string of the molecule is CN=C(NCCc1c[nH]c2cc(F)ccc12)NCC(=O)NCCc1ccccc1.I. The predicted octanol–water partition coefficient (Wildman–Crippen LogP) is 2.99. The molecule has 0 fully saturated rings. The summed E-state index contributed by atoms with van der Waals surface area (Å²) in [5.74, 6) is 0.229. The summed E-state index contributed by atoms with van der Waals surface area (Å²) in [6.07, 6.45) is 3.44. The highest BCUT2D eigenvalue weighted by Gasteiger charge is 2.06. The van der Waals surface area contributed by atoms with Gasteiger partial charge in [0.05, 0.1) is 6.54 Å². The Morgan fingerprint density at radius 3 is 2.57 bits per heavy atom. The standard InChI is InChI=1S/C22H26FN5O.HI/c1-24-22(28-15-21(29)25-11-9-16-5-3-2-4-6-16)26-12-10-17-14-27-20-13-18(23)7-8-19(17)20;/h2-8,13-14,27H,9-12,15H2,1H3,(H,25,29)(H2,24,26,28);1H. The zero-order valence-corrected chi connectivity index (χ0v) is 19.2. The van der Waals surface area contributed by atoms with Gasteiger partial charge in [0.2, 0.25) is 5.91 Å². The molecule has 0 aliphatic rings. The summed E-state index contributed by atoms with van der Waals surface area (Å²) in [5, 5.41) is 10.1. The summed E-state index contributed by atoms with van der Waals surface area (Å²) in [5.41, 5.74) is 3.08. The maximum Gasteiger partial charge on any atom is 0.239 e. The second-order valence-corrected chi connectivity index (χ2v) is 6.69. The van der Waals surface area contributed by atoms with E-state index in [1.807, 2.05) is 36.5 Å². The van der Waals surface area contributed by atoms with Crippen LogP contribution in [0.4, 0.5) is 4.39 Å². The Kier molecular flexibility index (Phi) is 9.59. The van der Waals surface area contributed by atoms with Crippen LogP contribution >= 0.6 is 24.0 Å². The number of fused-ring (bicyclic) bond motifs is 1. The number of aromatic nitrogens is 1. The van der Waals surface area contributed by atoms with Crippen LogP contribution in [0.2, 0.25) is 0 Å². The Morgan fingerprint density at radius 2 is 1.80 bits per heavy atom. The van der Waals surface area contributed by atoms with Crippen molar-refractivity contribution < 1.29 is 9.18 Å². The number of benzene rings is 2. The van der Waals surface area contributed by atoms with Crippen LogP contribution in [0.25, 0.3) is 10.9 Å². The number of amides is 1. The lowest BCUT2D eigenvalue weighted by atomic mass is 10.1. The molecule has 0 aliphatic carbocycles. The van der Waals surface area contributed by atoms with Gasteiger partial charge in [0.25, 0.3) is 0 Å². The van der Waals surface area contributed by atoms with Crippen molar-refractivity contribution in [1.29, 1.82) is 0 Å². The molecule has 0 radical (unpaired) electrons. The van der Waals surface area contributed by atoms with Gasteiger partial charge in [-0.15, -0.1) is 24.0 Å². The monoisotopic (exact) mass is 523 g/mol. The normalized spacial score (nSPS) is 11.1. The van der Waals surface area contributed by atoms with Crippen LogP contribution in [0.3, 0.4) is 0 Å². The summed E-state index contributed by atoms with van der Waals surface area (Å²) in [4.78, 5) is 19.2. The van der Waals surface area contributed by atoms with E-state index in [1.165, 1.54) is 17.7 Å². The van der Waals surface area contributed by atoms with Crippen molar-refractivity contribution in [3.8, 4) is 0 Å². The molecule has 8 heteroatoms. The number of nitrogens with one attached hydrogen (secondary N) is 4. The smallest absolute Gasteiger partial charge is 0.239 e. The molecule has 2 aromatic carbocycles. The van der Waals surface area contributed by atoms with E-state index in [-0.39, 0.29) is 42.2 Å². The number of carbonyl (C=O) groups excluding carboxylic acids is 1. The second-order valence-electron chi connectivity index (χ2n) is 6.69. The van der Waals surface area contributed by atoms with Crippen molar-refractivity contribution in [3.05, 3.63) is 71.7 Å². The second kappa shape index (κ2) is 12.2. The van der Waals surface area contributed by atoms with Gasteiger partial charge in [-0.2, -0.15) is 0 Å². The van der Waals surface area contributed by atoms with Crippen LogP contribution in [-0.4, -0.2) is 43.5 Å². The maximum atomic E-state index is 13.3. The molecule has 1 aromatic heterocycles. The molecule has 160 valence electrons. The average Bonchev–Trinajstić information content (AvgIpc) is 3.13. The summed E-state index contributed by atoms with van der Waals surface area (Å²) in [7, 11) is 1.66. The Hall–Kier alpha value is -2.62. The third kappa shape index (κ3) is 7.01. The van der Waals surface area contributed by atoms with Crippen molar-refractivity contribution in [2.75, 3.05) is 26.7 Å². The molecule has 3 rings (SSSR count). The fourth-order valence-corrected chi connectivity index (χ4v) is 3.12. The molecule has 1 heterocycles. The van der Waals surface area contributed by atoms with Crippen molar-refractivity contribution >= 4 is 46.7 Å². The molecular formula is C22H27FIN5O.